The van der Waals surface area contributed by atoms with E-state index in [-0.39, 0.29) is 0 Å². The van der Waals surface area contributed by atoms with E-state index in [1.807, 2.05) is 0 Å². The summed E-state index contributed by atoms with van der Waals surface area (Å²) < 4.78 is 0. The highest BCUT2D eigenvalue weighted by atomic mass is 14.1. The smallest absolute Gasteiger partial charge is 0.0152 e. The van der Waals surface area contributed by atoms with Crippen LogP contribution in [0.1, 0.15) is 51.0 Å². The molecular weight excluding hydrogens is 288 g/mol. The Morgan fingerprint density at radius 3 is 2.21 bits per heavy atom. The lowest BCUT2D eigenvalue weighted by Gasteiger charge is -2.11. The van der Waals surface area contributed by atoms with E-state index < -0.39 is 0 Å². The molecule has 0 unspecified atom stereocenters. The lowest BCUT2D eigenvalue weighted by Crippen LogP contribution is -1.91. The average Bonchev–Trinajstić information content (AvgIpc) is 2.64. The van der Waals surface area contributed by atoms with Crippen molar-refractivity contribution < 1.29 is 0 Å². The summed E-state index contributed by atoms with van der Waals surface area (Å²) in [5, 5.41) is 2.64. The largest absolute Gasteiger partial charge is 0.0654 e. The van der Waals surface area contributed by atoms with Gasteiger partial charge in [-0.2, -0.15) is 0 Å². The fourth-order valence-electron chi connectivity index (χ4n) is 3.47. The maximum absolute atomic E-state index is 2.33. The van der Waals surface area contributed by atoms with Gasteiger partial charge in [-0.3, -0.25) is 0 Å². The SMILES string of the molecule is CCCCCCCCc1ccccc1-c1ccc2ccccc2c1. The molecule has 0 bridgehead atoms. The third-order valence-corrected chi connectivity index (χ3v) is 4.88. The van der Waals surface area contributed by atoms with Crippen LogP contribution in [0.5, 0.6) is 0 Å². The quantitative estimate of drug-likeness (QED) is 0.379. The van der Waals surface area contributed by atoms with Crippen molar-refractivity contribution in [1.29, 1.82) is 0 Å². The highest BCUT2D eigenvalue weighted by molar-refractivity contribution is 5.87. The molecule has 0 saturated heterocycles. The molecule has 0 radical (unpaired) electrons. The molecule has 3 rings (SSSR count). The van der Waals surface area contributed by atoms with Crippen molar-refractivity contribution in [3.05, 3.63) is 72.3 Å². The first-order valence-corrected chi connectivity index (χ1v) is 9.45. The summed E-state index contributed by atoms with van der Waals surface area (Å²) >= 11 is 0. The van der Waals surface area contributed by atoms with Gasteiger partial charge in [-0.15, -0.1) is 0 Å². The van der Waals surface area contributed by atoms with E-state index in [0.717, 1.165) is 0 Å². The van der Waals surface area contributed by atoms with Crippen LogP contribution in [-0.4, -0.2) is 0 Å². The van der Waals surface area contributed by atoms with Crippen molar-refractivity contribution in [2.75, 3.05) is 0 Å². The van der Waals surface area contributed by atoms with Crippen LogP contribution in [0.15, 0.2) is 66.7 Å². The molecule has 0 heteroatoms. The van der Waals surface area contributed by atoms with E-state index in [4.69, 9.17) is 0 Å². The van der Waals surface area contributed by atoms with Crippen LogP contribution in [0.4, 0.5) is 0 Å². The Morgan fingerprint density at radius 1 is 0.625 bits per heavy atom. The Bertz CT molecular complexity index is 770. The lowest BCUT2D eigenvalue weighted by molar-refractivity contribution is 0.608. The fourth-order valence-corrected chi connectivity index (χ4v) is 3.47. The number of unbranched alkanes of at least 4 members (excludes halogenated alkanes) is 5. The number of benzene rings is 3. The zero-order valence-corrected chi connectivity index (χ0v) is 14.8. The first-order chi connectivity index (χ1) is 11.9. The molecule has 0 aliphatic rings. The first kappa shape index (κ1) is 16.8. The highest BCUT2D eigenvalue weighted by Crippen LogP contribution is 2.28. The molecule has 0 nitrogen and oxygen atoms in total. The Labute approximate surface area is 146 Å². The van der Waals surface area contributed by atoms with E-state index in [2.05, 4.69) is 73.7 Å². The summed E-state index contributed by atoms with van der Waals surface area (Å²) in [5.74, 6) is 0. The van der Waals surface area contributed by atoms with E-state index in [9.17, 15) is 0 Å². The Kier molecular flexibility index (Phi) is 6.07. The molecule has 3 aromatic rings. The van der Waals surface area contributed by atoms with Crippen LogP contribution in [0.25, 0.3) is 21.9 Å². The molecule has 0 heterocycles. The number of rotatable bonds is 8. The predicted molar refractivity (Wildman–Crippen MR) is 106 cm³/mol. The van der Waals surface area contributed by atoms with Gasteiger partial charge in [0.05, 0.1) is 0 Å². The van der Waals surface area contributed by atoms with Crippen molar-refractivity contribution >= 4 is 10.8 Å². The predicted octanol–water partition coefficient (Wildman–Crippen LogP) is 7.41. The van der Waals surface area contributed by atoms with Crippen LogP contribution in [0, 0.1) is 0 Å². The summed E-state index contributed by atoms with van der Waals surface area (Å²) in [7, 11) is 0. The van der Waals surface area contributed by atoms with Gasteiger partial charge in [0.25, 0.3) is 0 Å². The Morgan fingerprint density at radius 2 is 1.33 bits per heavy atom. The molecule has 0 aliphatic carbocycles. The van der Waals surface area contributed by atoms with Gasteiger partial charge in [0.1, 0.15) is 0 Å². The van der Waals surface area contributed by atoms with Gasteiger partial charge >= 0.3 is 0 Å². The van der Waals surface area contributed by atoms with E-state index >= 15 is 0 Å². The zero-order valence-electron chi connectivity index (χ0n) is 14.8. The first-order valence-electron chi connectivity index (χ1n) is 9.45. The van der Waals surface area contributed by atoms with Crippen molar-refractivity contribution in [3.63, 3.8) is 0 Å². The molecule has 0 atom stereocenters. The summed E-state index contributed by atoms with van der Waals surface area (Å²) in [6.07, 6.45) is 9.32. The van der Waals surface area contributed by atoms with Crippen LogP contribution in [-0.2, 0) is 6.42 Å². The van der Waals surface area contributed by atoms with Gasteiger partial charge in [0.2, 0.25) is 0 Å². The topological polar surface area (TPSA) is 0 Å². The molecule has 0 fully saturated rings. The number of hydrogen-bond donors (Lipinski definition) is 0. The minimum atomic E-state index is 1.19. The summed E-state index contributed by atoms with van der Waals surface area (Å²) in [6, 6.07) is 24.4. The molecule has 124 valence electrons. The molecule has 0 spiro atoms. The summed E-state index contributed by atoms with van der Waals surface area (Å²) in [6.45, 7) is 2.28. The second-order valence-corrected chi connectivity index (χ2v) is 6.74. The molecule has 24 heavy (non-hydrogen) atoms. The second kappa shape index (κ2) is 8.68. The molecule has 0 saturated carbocycles. The van der Waals surface area contributed by atoms with Crippen molar-refractivity contribution in [2.24, 2.45) is 0 Å². The monoisotopic (exact) mass is 316 g/mol. The third kappa shape index (κ3) is 4.26. The zero-order chi connectivity index (χ0) is 16.6. The molecule has 0 aliphatic heterocycles. The highest BCUT2D eigenvalue weighted by Gasteiger charge is 2.05. The Balaban J connectivity index is 1.73. The molecule has 0 N–H and O–H groups in total. The fraction of sp³-hybridized carbons (Fsp3) is 0.333. The van der Waals surface area contributed by atoms with Gasteiger partial charge in [0, 0.05) is 0 Å². The van der Waals surface area contributed by atoms with Gasteiger partial charge in [-0.1, -0.05) is 99.7 Å². The van der Waals surface area contributed by atoms with Gasteiger partial charge in [-0.05, 0) is 46.4 Å². The van der Waals surface area contributed by atoms with Crippen LogP contribution >= 0.6 is 0 Å². The van der Waals surface area contributed by atoms with Crippen LogP contribution in [0.3, 0.4) is 0 Å². The normalized spacial score (nSPS) is 11.0. The van der Waals surface area contributed by atoms with Crippen molar-refractivity contribution in [2.45, 2.75) is 51.9 Å². The molecule has 0 aromatic heterocycles. The summed E-state index contributed by atoms with van der Waals surface area (Å²) in [5.41, 5.74) is 4.23. The minimum absolute atomic E-state index is 1.19. The van der Waals surface area contributed by atoms with Gasteiger partial charge in [0.15, 0.2) is 0 Å². The maximum atomic E-state index is 2.33. The number of hydrogen-bond acceptors (Lipinski definition) is 0. The van der Waals surface area contributed by atoms with Crippen molar-refractivity contribution in [3.8, 4) is 11.1 Å². The van der Waals surface area contributed by atoms with Crippen LogP contribution in [0.2, 0.25) is 0 Å². The standard InChI is InChI=1S/C24H28/c1-2-3-4-5-6-7-13-21-14-10-11-16-24(21)23-18-17-20-12-8-9-15-22(20)19-23/h8-12,14-19H,2-7,13H2,1H3. The van der Waals surface area contributed by atoms with Gasteiger partial charge < -0.3 is 0 Å². The number of fused-ring (bicyclic) bond motifs is 1. The molecular formula is C24H28. The van der Waals surface area contributed by atoms with Crippen LogP contribution < -0.4 is 0 Å². The summed E-state index contributed by atoms with van der Waals surface area (Å²) in [4.78, 5) is 0. The van der Waals surface area contributed by atoms with E-state index in [0.29, 0.717) is 0 Å². The minimum Gasteiger partial charge on any atom is -0.0654 e. The van der Waals surface area contributed by atoms with E-state index in [1.54, 1.807) is 0 Å². The Hall–Kier alpha value is -2.08. The average molecular weight is 316 g/mol. The molecule has 3 aromatic carbocycles. The van der Waals surface area contributed by atoms with E-state index in [1.165, 1.54) is 72.4 Å². The maximum Gasteiger partial charge on any atom is -0.0152 e. The number of aryl methyl sites for hydroxylation is 1. The van der Waals surface area contributed by atoms with Gasteiger partial charge in [-0.25, -0.2) is 0 Å². The molecule has 0 amide bonds. The second-order valence-electron chi connectivity index (χ2n) is 6.74. The lowest BCUT2D eigenvalue weighted by atomic mass is 9.94. The third-order valence-electron chi connectivity index (χ3n) is 4.88. The van der Waals surface area contributed by atoms with Crippen molar-refractivity contribution in [1.82, 2.24) is 0 Å².